The van der Waals surface area contributed by atoms with Gasteiger partial charge in [0, 0.05) is 32.7 Å². The molecule has 0 atom stereocenters. The molecule has 0 saturated heterocycles. The minimum atomic E-state index is -0.138. The van der Waals surface area contributed by atoms with Gasteiger partial charge in [0.1, 0.15) is 0 Å². The molecule has 268 valence electrons. The first-order valence-corrected chi connectivity index (χ1v) is 19.5. The molecule has 5 heteroatoms. The highest BCUT2D eigenvalue weighted by Gasteiger charge is 2.37. The molecule has 2 heterocycles. The predicted molar refractivity (Wildman–Crippen MR) is 234 cm³/mol. The number of hydrogen-bond donors (Lipinski definition) is 2. The number of aromatic nitrogens is 3. The Balaban J connectivity index is 1.08. The van der Waals surface area contributed by atoms with Crippen molar-refractivity contribution in [2.45, 2.75) is 19.3 Å². The molecule has 57 heavy (non-hydrogen) atoms. The van der Waals surface area contributed by atoms with E-state index in [1.54, 1.807) is 0 Å². The van der Waals surface area contributed by atoms with E-state index in [2.05, 4.69) is 169 Å². The lowest BCUT2D eigenvalue weighted by Gasteiger charge is -2.21. The summed E-state index contributed by atoms with van der Waals surface area (Å²) in [6.07, 6.45) is 0. The van der Waals surface area contributed by atoms with Gasteiger partial charge >= 0.3 is 0 Å². The second-order valence-electron chi connectivity index (χ2n) is 15.8. The Labute approximate surface area is 328 Å². The summed E-state index contributed by atoms with van der Waals surface area (Å²) in [5.41, 5.74) is 16.9. The van der Waals surface area contributed by atoms with Crippen molar-refractivity contribution in [1.82, 2.24) is 14.5 Å². The lowest BCUT2D eigenvalue weighted by molar-refractivity contribution is 0.660. The fourth-order valence-corrected chi connectivity index (χ4v) is 9.95. The number of hydrogen-bond acceptors (Lipinski definition) is 2. The van der Waals surface area contributed by atoms with Gasteiger partial charge in [-0.3, -0.25) is 5.41 Å². The fourth-order valence-electron chi connectivity index (χ4n) is 9.95. The summed E-state index contributed by atoms with van der Waals surface area (Å²) in [7, 11) is 0. The zero-order valence-corrected chi connectivity index (χ0v) is 31.4. The number of amidine groups is 1. The maximum Gasteiger partial charge on any atom is 0.229 e. The van der Waals surface area contributed by atoms with Crippen molar-refractivity contribution in [3.63, 3.8) is 0 Å². The molecule has 0 aliphatic heterocycles. The summed E-state index contributed by atoms with van der Waals surface area (Å²) in [6, 6.07) is 58.2. The van der Waals surface area contributed by atoms with E-state index in [4.69, 9.17) is 9.98 Å². The third-order valence-corrected chi connectivity index (χ3v) is 12.4. The van der Waals surface area contributed by atoms with E-state index >= 15 is 0 Å². The number of aromatic amines is 1. The molecule has 0 amide bonds. The zero-order valence-electron chi connectivity index (χ0n) is 31.4. The molecular formula is C52H35N5. The van der Waals surface area contributed by atoms with Crippen LogP contribution >= 0.6 is 0 Å². The van der Waals surface area contributed by atoms with Crippen LogP contribution in [0.4, 0.5) is 0 Å². The Morgan fingerprint density at radius 1 is 0.561 bits per heavy atom. The van der Waals surface area contributed by atoms with Crippen molar-refractivity contribution in [1.29, 1.82) is 5.41 Å². The highest BCUT2D eigenvalue weighted by Crippen LogP contribution is 2.53. The van der Waals surface area contributed by atoms with Crippen molar-refractivity contribution in [3.05, 3.63) is 186 Å². The number of benzene rings is 8. The van der Waals surface area contributed by atoms with Gasteiger partial charge in [-0.05, 0) is 85.6 Å². The quantitative estimate of drug-likeness (QED) is 0.138. The van der Waals surface area contributed by atoms with Gasteiger partial charge in [-0.2, -0.15) is 4.99 Å². The lowest BCUT2D eigenvalue weighted by Crippen LogP contribution is -2.18. The van der Waals surface area contributed by atoms with Crippen LogP contribution in [0, 0.1) is 5.41 Å². The maximum atomic E-state index is 9.66. The van der Waals surface area contributed by atoms with Gasteiger partial charge in [0.25, 0.3) is 0 Å². The molecule has 0 unspecified atom stereocenters. The highest BCUT2D eigenvalue weighted by molar-refractivity contribution is 6.30. The topological polar surface area (TPSA) is 69.8 Å². The molecule has 10 aromatic rings. The monoisotopic (exact) mass is 729 g/mol. The predicted octanol–water partition coefficient (Wildman–Crippen LogP) is 12.4. The van der Waals surface area contributed by atoms with Gasteiger partial charge in [0.05, 0.1) is 27.9 Å². The summed E-state index contributed by atoms with van der Waals surface area (Å²) in [4.78, 5) is 13.7. The van der Waals surface area contributed by atoms with Gasteiger partial charge in [-0.15, -0.1) is 0 Å². The molecule has 2 aliphatic rings. The number of nitrogens with one attached hydrogen (secondary N) is 2. The van der Waals surface area contributed by atoms with Gasteiger partial charge < -0.3 is 9.55 Å². The standard InChI is InChI=1S/C52H35N5/c1-52(2)39-23-8-5-17-35(39)46-38(22-12-24-40(46)52)49-36-18-6-9-25-41(36)54-51(55-49)56-50(53)37-19-7-10-26-42(37)57-43-27-13-21-34-32-16-4-3-15-31(32)33-20-11-14-30-28-29-44(57)48(45(30)33)47(34)43/h3-29H,1-2H3,(H2,53,54,55,56). The van der Waals surface area contributed by atoms with Crippen LogP contribution in [-0.2, 0) is 5.41 Å². The van der Waals surface area contributed by atoms with Gasteiger partial charge in [0.15, 0.2) is 5.84 Å². The van der Waals surface area contributed by atoms with Crippen molar-refractivity contribution in [3.8, 4) is 50.3 Å². The molecule has 5 nitrogen and oxygen atoms in total. The van der Waals surface area contributed by atoms with Crippen LogP contribution in [0.25, 0.3) is 93.8 Å². The Bertz CT molecular complexity index is 3470. The largest absolute Gasteiger partial charge is 0.323 e. The second kappa shape index (κ2) is 11.6. The van der Waals surface area contributed by atoms with E-state index in [1.807, 2.05) is 18.2 Å². The van der Waals surface area contributed by atoms with Crippen LogP contribution < -0.4 is 5.62 Å². The summed E-state index contributed by atoms with van der Waals surface area (Å²) in [5.74, 6) is 0.130. The van der Waals surface area contributed by atoms with Crippen LogP contribution in [0.2, 0.25) is 0 Å². The number of fused-ring (bicyclic) bond motifs is 7. The number of rotatable bonds is 3. The average molecular weight is 730 g/mol. The third kappa shape index (κ3) is 4.37. The SMILES string of the molecule is CC1(C)c2ccccc2-c2c(-c3nc(=NC(=N)c4ccccc4-n4c5cccc6c5c5c7c(cccc7ccc54)-c4ccccc4-6)[nH]c4ccccc34)cccc21. The molecule has 0 bridgehead atoms. The van der Waals surface area contributed by atoms with Gasteiger partial charge in [-0.25, -0.2) is 4.98 Å². The summed E-state index contributed by atoms with van der Waals surface area (Å²) in [5, 5.41) is 15.6. The zero-order chi connectivity index (χ0) is 38.0. The molecule has 12 rings (SSSR count). The Kier molecular flexibility index (Phi) is 6.48. The Morgan fingerprint density at radius 3 is 2.05 bits per heavy atom. The van der Waals surface area contributed by atoms with E-state index < -0.39 is 0 Å². The molecule has 2 aliphatic carbocycles. The van der Waals surface area contributed by atoms with Crippen molar-refractivity contribution in [2.75, 3.05) is 0 Å². The Hall–Kier alpha value is -7.37. The van der Waals surface area contributed by atoms with E-state index in [1.165, 1.54) is 66.1 Å². The van der Waals surface area contributed by atoms with E-state index in [0.29, 0.717) is 11.2 Å². The highest BCUT2D eigenvalue weighted by atomic mass is 15.0. The van der Waals surface area contributed by atoms with E-state index in [9.17, 15) is 5.41 Å². The Morgan fingerprint density at radius 2 is 1.19 bits per heavy atom. The first-order chi connectivity index (χ1) is 28.0. The van der Waals surface area contributed by atoms with Crippen LogP contribution in [-0.4, -0.2) is 20.4 Å². The van der Waals surface area contributed by atoms with Crippen LogP contribution in [0.3, 0.4) is 0 Å². The third-order valence-electron chi connectivity index (χ3n) is 12.4. The van der Waals surface area contributed by atoms with Gasteiger partial charge in [0.2, 0.25) is 5.62 Å². The normalized spacial score (nSPS) is 13.8. The summed E-state index contributed by atoms with van der Waals surface area (Å²) in [6.45, 7) is 4.60. The van der Waals surface area contributed by atoms with Crippen LogP contribution in [0.5, 0.6) is 0 Å². The second-order valence-corrected chi connectivity index (χ2v) is 15.8. The molecule has 0 saturated carbocycles. The fraction of sp³-hybridized carbons (Fsp3) is 0.0577. The molecule has 0 spiro atoms. The lowest BCUT2D eigenvalue weighted by atomic mass is 9.82. The van der Waals surface area contributed by atoms with Crippen LogP contribution in [0.1, 0.15) is 30.5 Å². The maximum absolute atomic E-state index is 9.66. The summed E-state index contributed by atoms with van der Waals surface area (Å²) < 4.78 is 2.33. The smallest absolute Gasteiger partial charge is 0.229 e. The van der Waals surface area contributed by atoms with Crippen molar-refractivity contribution in [2.24, 2.45) is 4.99 Å². The minimum absolute atomic E-state index is 0.130. The summed E-state index contributed by atoms with van der Waals surface area (Å²) >= 11 is 0. The molecule has 2 aromatic heterocycles. The van der Waals surface area contributed by atoms with Crippen LogP contribution in [0.15, 0.2) is 169 Å². The molecular weight excluding hydrogens is 695 g/mol. The number of nitrogens with zero attached hydrogens (tertiary/aromatic N) is 3. The van der Waals surface area contributed by atoms with E-state index in [0.717, 1.165) is 38.9 Å². The molecule has 2 N–H and O–H groups in total. The first kappa shape index (κ1) is 31.9. The van der Waals surface area contributed by atoms with Crippen molar-refractivity contribution < 1.29 is 0 Å². The molecule has 0 fully saturated rings. The first-order valence-electron chi connectivity index (χ1n) is 19.5. The minimum Gasteiger partial charge on any atom is -0.323 e. The van der Waals surface area contributed by atoms with E-state index in [-0.39, 0.29) is 11.3 Å². The molecule has 0 radical (unpaired) electrons. The number of para-hydroxylation sites is 2. The number of H-pyrrole nitrogens is 1. The average Bonchev–Trinajstić information content (AvgIpc) is 3.67. The van der Waals surface area contributed by atoms with Gasteiger partial charge in [-0.1, -0.05) is 147 Å². The molecule has 8 aromatic carbocycles. The van der Waals surface area contributed by atoms with Crippen molar-refractivity contribution >= 4 is 49.3 Å².